The molecule has 4 heterocycles. The summed E-state index contributed by atoms with van der Waals surface area (Å²) < 4.78 is 0. The predicted molar refractivity (Wildman–Crippen MR) is 431 cm³/mol. The van der Waals surface area contributed by atoms with E-state index in [9.17, 15) is 0 Å². The molecule has 0 bridgehead atoms. The van der Waals surface area contributed by atoms with Gasteiger partial charge in [-0.1, -0.05) is 259 Å². The van der Waals surface area contributed by atoms with Crippen molar-refractivity contribution >= 4 is 113 Å². The summed E-state index contributed by atoms with van der Waals surface area (Å²) in [6, 6.07) is 69.8. The van der Waals surface area contributed by atoms with E-state index in [1.54, 1.807) is 0 Å². The van der Waals surface area contributed by atoms with Crippen molar-refractivity contribution in [3.05, 3.63) is 225 Å². The van der Waals surface area contributed by atoms with Crippen molar-refractivity contribution in [2.24, 2.45) is 0 Å². The van der Waals surface area contributed by atoms with E-state index in [2.05, 4.69) is 318 Å². The third-order valence-corrected chi connectivity index (χ3v) is 23.5. The highest BCUT2D eigenvalue weighted by molar-refractivity contribution is 7.02. The highest BCUT2D eigenvalue weighted by atomic mass is 15.2. The summed E-state index contributed by atoms with van der Waals surface area (Å²) in [5.74, 6) is 3.10. The van der Waals surface area contributed by atoms with Gasteiger partial charge in [0.15, 0.2) is 0 Å². The van der Waals surface area contributed by atoms with Gasteiger partial charge in [0.1, 0.15) is 0 Å². The van der Waals surface area contributed by atoms with Crippen LogP contribution in [0.5, 0.6) is 0 Å². The van der Waals surface area contributed by atoms with Crippen LogP contribution in [0.1, 0.15) is 253 Å². The van der Waals surface area contributed by atoms with Crippen LogP contribution in [0.15, 0.2) is 170 Å². The van der Waals surface area contributed by atoms with Gasteiger partial charge in [0, 0.05) is 34.1 Å². The quantitative estimate of drug-likeness (QED) is 0.0791. The Bertz CT molecular complexity index is 4860. The number of hydrogen-bond acceptors (Lipinski definition) is 2. The monoisotopic (exact) mass is 1280 g/mol. The topological polar surface area (TPSA) is 6.48 Å². The van der Waals surface area contributed by atoms with Gasteiger partial charge >= 0.3 is 0 Å². The van der Waals surface area contributed by atoms with E-state index in [0.29, 0.717) is 23.7 Å². The number of nitrogens with zero attached hydrogens (tertiary/aromatic N) is 2. The molecule has 12 aromatic carbocycles. The molecular formula is C94H98B2N2. The largest absolute Gasteiger partial charge is 0.311 e. The van der Waals surface area contributed by atoms with E-state index in [4.69, 9.17) is 0 Å². The fourth-order valence-corrected chi connectivity index (χ4v) is 18.1. The average molecular weight is 1280 g/mol. The molecule has 12 aromatic rings. The van der Waals surface area contributed by atoms with Crippen LogP contribution in [0, 0.1) is 0 Å². The Morgan fingerprint density at radius 3 is 0.847 bits per heavy atom. The van der Waals surface area contributed by atoms with Crippen LogP contribution < -0.4 is 42.6 Å². The van der Waals surface area contributed by atoms with E-state index in [1.807, 2.05) is 0 Å². The van der Waals surface area contributed by atoms with Crippen molar-refractivity contribution in [1.82, 2.24) is 0 Å². The second kappa shape index (κ2) is 23.5. The highest BCUT2D eigenvalue weighted by Gasteiger charge is 2.47. The van der Waals surface area contributed by atoms with Crippen molar-refractivity contribution in [2.45, 2.75) is 198 Å². The number of para-hydroxylation sites is 2. The molecule has 0 spiro atoms. The fourth-order valence-electron chi connectivity index (χ4n) is 18.1. The lowest BCUT2D eigenvalue weighted by atomic mass is 9.31. The van der Waals surface area contributed by atoms with Gasteiger partial charge in [0.05, 0.1) is 0 Å². The van der Waals surface area contributed by atoms with Crippen LogP contribution >= 0.6 is 0 Å². The van der Waals surface area contributed by atoms with E-state index in [0.717, 1.165) is 0 Å². The summed E-state index contributed by atoms with van der Waals surface area (Å²) in [7, 11) is 0. The molecule has 0 aromatic heterocycles. The molecule has 0 radical (unpaired) electrons. The molecule has 2 nitrogen and oxygen atoms in total. The summed E-state index contributed by atoms with van der Waals surface area (Å²) >= 11 is 0. The van der Waals surface area contributed by atoms with E-state index in [1.165, 1.54) is 199 Å². The molecule has 0 unspecified atom stereocenters. The van der Waals surface area contributed by atoms with Crippen molar-refractivity contribution < 1.29 is 0 Å². The van der Waals surface area contributed by atoms with Gasteiger partial charge < -0.3 is 9.80 Å². The summed E-state index contributed by atoms with van der Waals surface area (Å²) in [6.07, 6.45) is 0. The van der Waals surface area contributed by atoms with Crippen molar-refractivity contribution in [3.8, 4) is 44.5 Å². The summed E-state index contributed by atoms with van der Waals surface area (Å²) in [5, 5.41) is 8.44. The van der Waals surface area contributed by atoms with Gasteiger partial charge in [-0.15, -0.1) is 0 Å². The lowest BCUT2D eigenvalue weighted by Crippen LogP contribution is -2.60. The van der Waals surface area contributed by atoms with Gasteiger partial charge in [-0.3, -0.25) is 0 Å². The Hall–Kier alpha value is -8.59. The van der Waals surface area contributed by atoms with Crippen LogP contribution in [0.4, 0.5) is 34.1 Å². The van der Waals surface area contributed by atoms with Crippen LogP contribution in [0.2, 0.25) is 0 Å². The zero-order valence-electron chi connectivity index (χ0n) is 62.0. The molecule has 0 N–H and O–H groups in total. The molecule has 0 saturated carbocycles. The minimum Gasteiger partial charge on any atom is -0.311 e. The molecule has 490 valence electrons. The minimum atomic E-state index is -0.0521. The molecule has 98 heavy (non-hydrogen) atoms. The molecule has 0 amide bonds. The Kier molecular flexibility index (Phi) is 15.4. The normalized spacial score (nSPS) is 13.7. The maximum absolute atomic E-state index is 2.81. The van der Waals surface area contributed by atoms with Crippen molar-refractivity contribution in [3.63, 3.8) is 0 Å². The average Bonchev–Trinajstić information content (AvgIpc) is 0.663. The Morgan fingerprint density at radius 1 is 0.235 bits per heavy atom. The molecule has 0 saturated heterocycles. The number of fused-ring (bicyclic) bond motifs is 8. The highest BCUT2D eigenvalue weighted by Crippen LogP contribution is 2.56. The Morgan fingerprint density at radius 2 is 0.541 bits per heavy atom. The molecule has 4 aliphatic heterocycles. The second-order valence-electron chi connectivity index (χ2n) is 33.0. The van der Waals surface area contributed by atoms with E-state index >= 15 is 0 Å². The maximum atomic E-state index is 2.81. The molecule has 0 atom stereocenters. The molecule has 16 rings (SSSR count). The van der Waals surface area contributed by atoms with E-state index in [-0.39, 0.29) is 48.9 Å². The minimum absolute atomic E-state index is 0.0521. The molecule has 0 fully saturated rings. The van der Waals surface area contributed by atoms with Gasteiger partial charge in [-0.25, -0.2) is 0 Å². The van der Waals surface area contributed by atoms with Gasteiger partial charge in [0.25, 0.3) is 0 Å². The first-order valence-corrected chi connectivity index (χ1v) is 37.5. The second-order valence-corrected chi connectivity index (χ2v) is 33.0. The summed E-state index contributed by atoms with van der Waals surface area (Å²) in [6.45, 7) is 48.2. The molecule has 4 aliphatic rings. The maximum Gasteiger partial charge on any atom is 0.248 e. The summed E-state index contributed by atoms with van der Waals surface area (Å²) in [5.41, 5.74) is 41.1. The standard InChI is InChI=1S/C94H98B2N2/c1-49(2)59-31-33-79-83(41-59)97(65-27-23-21-24-28-65)85-43-63(53(9)10)39-77-73-45-72(88-69(57(17)18)37-62(52(7)8)38-70(88)58(19)20)76-48-82-90-74(78-40-64(54(11)12)44-86-94(78)96(82)80-34-32-60(50(3)4)42-84(80)98(86)66-29-25-22-26-30-66)46-71(75-47-81(95(79)93(77)85)89(73)91(76)92(75)90)87-67(55(13)14)35-61(51(5)6)36-68(87)56(15)16/h21-58H,1-20H3. The van der Waals surface area contributed by atoms with Crippen molar-refractivity contribution in [2.75, 3.05) is 9.80 Å². The number of anilines is 6. The van der Waals surface area contributed by atoms with Crippen molar-refractivity contribution in [1.29, 1.82) is 0 Å². The molecule has 0 aliphatic carbocycles. The first-order chi connectivity index (χ1) is 46.9. The SMILES string of the molecule is CC(C)c1cc(C(C)C)c(-c2cc3c4c(cc5c(-c6c(C(C)C)cc(C(C)C)cc6C(C)C)cc6c7c(cc2c4c57)B2c4ccc(C(C)C)cc4N(c4ccccc4)c4cc(C(C)C)cc-6c42)B2c4ccc(C(C)C)cc4N(c4ccccc4)c4cc(C(C)C)cc-3c42)c(C(C)C)c1. The Balaban J connectivity index is 1.20. The third-order valence-electron chi connectivity index (χ3n) is 23.5. The molecule has 4 heteroatoms. The predicted octanol–water partition coefficient (Wildman–Crippen LogP) is 23.7. The van der Waals surface area contributed by atoms with E-state index < -0.39 is 0 Å². The molecular weight excluding hydrogens is 1180 g/mol. The Labute approximate surface area is 586 Å². The number of hydrogen-bond donors (Lipinski definition) is 0. The lowest BCUT2D eigenvalue weighted by molar-refractivity contribution is 0.807. The van der Waals surface area contributed by atoms with Gasteiger partial charge in [-0.05, 0) is 274 Å². The first kappa shape index (κ1) is 64.1. The zero-order valence-corrected chi connectivity index (χ0v) is 62.0. The van der Waals surface area contributed by atoms with Gasteiger partial charge in [-0.2, -0.15) is 0 Å². The van der Waals surface area contributed by atoms with Crippen LogP contribution in [0.3, 0.4) is 0 Å². The summed E-state index contributed by atoms with van der Waals surface area (Å²) in [4.78, 5) is 5.31. The number of rotatable bonds is 14. The fraction of sp³-hybridized carbons (Fsp3) is 0.319. The number of benzene rings is 12. The van der Waals surface area contributed by atoms with Crippen LogP contribution in [-0.4, -0.2) is 13.4 Å². The smallest absolute Gasteiger partial charge is 0.248 e. The zero-order chi connectivity index (χ0) is 68.7. The third kappa shape index (κ3) is 9.55. The lowest BCUT2D eigenvalue weighted by Gasteiger charge is -2.43. The van der Waals surface area contributed by atoms with Crippen LogP contribution in [-0.2, 0) is 0 Å². The first-order valence-electron chi connectivity index (χ1n) is 37.5. The van der Waals surface area contributed by atoms with Gasteiger partial charge in [0.2, 0.25) is 13.4 Å². The van der Waals surface area contributed by atoms with Crippen LogP contribution in [0.25, 0.3) is 76.8 Å².